The van der Waals surface area contributed by atoms with E-state index in [0.717, 1.165) is 39.5 Å². The molecule has 0 bridgehead atoms. The largest absolute Gasteiger partial charge is 0.496 e. The van der Waals surface area contributed by atoms with Crippen LogP contribution in [-0.4, -0.2) is 19.2 Å². The molecule has 0 spiro atoms. The summed E-state index contributed by atoms with van der Waals surface area (Å²) in [5.41, 5.74) is 5.14. The number of aromatic nitrogens is 1. The number of thioether (sulfide) groups is 1. The van der Waals surface area contributed by atoms with E-state index in [1.54, 1.807) is 26.0 Å². The summed E-state index contributed by atoms with van der Waals surface area (Å²) in [5, 5.41) is 9.83. The van der Waals surface area contributed by atoms with Crippen LogP contribution in [0, 0.1) is 11.3 Å². The smallest absolute Gasteiger partial charge is 0.232 e. The van der Waals surface area contributed by atoms with Crippen molar-refractivity contribution < 1.29 is 9.47 Å². The summed E-state index contributed by atoms with van der Waals surface area (Å²) in [7, 11) is 3.19. The average Bonchev–Trinajstić information content (AvgIpc) is 2.71. The van der Waals surface area contributed by atoms with Crippen molar-refractivity contribution in [3.8, 4) is 40.1 Å². The molecule has 0 fully saturated rings. The molecule has 3 aromatic rings. The van der Waals surface area contributed by atoms with E-state index in [9.17, 15) is 5.26 Å². The number of rotatable bonds is 3. The van der Waals surface area contributed by atoms with Crippen LogP contribution in [0.15, 0.2) is 53.4 Å². The van der Waals surface area contributed by atoms with Crippen molar-refractivity contribution in [2.24, 2.45) is 0 Å². The molecule has 4 rings (SSSR count). The van der Waals surface area contributed by atoms with Gasteiger partial charge in [-0.1, -0.05) is 36.4 Å². The molecule has 128 valence electrons. The molecule has 0 saturated heterocycles. The summed E-state index contributed by atoms with van der Waals surface area (Å²) < 4.78 is 11.0. The Kier molecular flexibility index (Phi) is 4.27. The van der Waals surface area contributed by atoms with Crippen LogP contribution in [0.3, 0.4) is 0 Å². The van der Waals surface area contributed by atoms with Crippen molar-refractivity contribution in [2.75, 3.05) is 14.2 Å². The van der Waals surface area contributed by atoms with Crippen LogP contribution in [-0.2, 0) is 5.75 Å². The van der Waals surface area contributed by atoms with Gasteiger partial charge < -0.3 is 9.47 Å². The Morgan fingerprint density at radius 1 is 1.00 bits per heavy atom. The third-order valence-electron chi connectivity index (χ3n) is 4.46. The Morgan fingerprint density at radius 3 is 2.46 bits per heavy atom. The van der Waals surface area contributed by atoms with Crippen LogP contribution in [0.2, 0.25) is 0 Å². The second-order valence-electron chi connectivity index (χ2n) is 5.80. The van der Waals surface area contributed by atoms with E-state index in [2.05, 4.69) is 23.2 Å². The molecule has 0 unspecified atom stereocenters. The van der Waals surface area contributed by atoms with Crippen LogP contribution >= 0.6 is 11.8 Å². The molecule has 0 N–H and O–H groups in total. The standard InChI is InChI=1S/C21H16N2O2S/c1-24-17-9-5-3-7-13(17)19-15(11-22)21(25-2)23-20-14-8-4-6-10-18(14)26-12-16(19)20/h3-10H,12H2,1-2H3. The Balaban J connectivity index is 2.11. The van der Waals surface area contributed by atoms with E-state index in [1.807, 2.05) is 36.4 Å². The molecule has 0 amide bonds. The summed E-state index contributed by atoms with van der Waals surface area (Å²) >= 11 is 1.76. The number of nitriles is 1. The quantitative estimate of drug-likeness (QED) is 0.664. The van der Waals surface area contributed by atoms with Crippen LogP contribution in [0.5, 0.6) is 11.6 Å². The first-order valence-electron chi connectivity index (χ1n) is 8.15. The predicted molar refractivity (Wildman–Crippen MR) is 102 cm³/mol. The zero-order chi connectivity index (χ0) is 18.1. The lowest BCUT2D eigenvalue weighted by Crippen LogP contribution is -2.07. The highest BCUT2D eigenvalue weighted by Crippen LogP contribution is 2.48. The predicted octanol–water partition coefficient (Wildman–Crippen LogP) is 4.91. The lowest BCUT2D eigenvalue weighted by molar-refractivity contribution is 0.397. The Morgan fingerprint density at radius 2 is 1.73 bits per heavy atom. The fourth-order valence-electron chi connectivity index (χ4n) is 3.30. The second kappa shape index (κ2) is 6.74. The average molecular weight is 360 g/mol. The number of benzene rings is 2. The van der Waals surface area contributed by atoms with Gasteiger partial charge in [0.25, 0.3) is 0 Å². The maximum atomic E-state index is 9.83. The minimum atomic E-state index is 0.342. The molecule has 1 aromatic heterocycles. The lowest BCUT2D eigenvalue weighted by atomic mass is 9.92. The lowest BCUT2D eigenvalue weighted by Gasteiger charge is -2.24. The van der Waals surface area contributed by atoms with Gasteiger partial charge in [0.05, 0.1) is 19.9 Å². The molecule has 4 nitrogen and oxygen atoms in total. The maximum Gasteiger partial charge on any atom is 0.232 e. The first-order chi connectivity index (χ1) is 12.8. The Hall–Kier alpha value is -2.97. The molecule has 0 atom stereocenters. The molecule has 2 heterocycles. The SMILES string of the molecule is COc1ccccc1-c1c(C#N)c(OC)nc2c1CSc1ccccc1-2. The first-order valence-corrected chi connectivity index (χ1v) is 9.13. The minimum absolute atomic E-state index is 0.342. The molecule has 5 heteroatoms. The van der Waals surface area contributed by atoms with Gasteiger partial charge in [-0.3, -0.25) is 0 Å². The molecular weight excluding hydrogens is 344 g/mol. The van der Waals surface area contributed by atoms with Gasteiger partial charge in [0.2, 0.25) is 5.88 Å². The highest BCUT2D eigenvalue weighted by Gasteiger charge is 2.27. The van der Waals surface area contributed by atoms with Gasteiger partial charge in [0.15, 0.2) is 0 Å². The van der Waals surface area contributed by atoms with Crippen molar-refractivity contribution in [1.29, 1.82) is 5.26 Å². The van der Waals surface area contributed by atoms with Crippen molar-refractivity contribution in [2.45, 2.75) is 10.6 Å². The van der Waals surface area contributed by atoms with E-state index in [1.165, 1.54) is 4.90 Å². The Bertz CT molecular complexity index is 1040. The number of hydrogen-bond acceptors (Lipinski definition) is 5. The zero-order valence-electron chi connectivity index (χ0n) is 14.4. The van der Waals surface area contributed by atoms with Crippen molar-refractivity contribution in [1.82, 2.24) is 4.98 Å². The van der Waals surface area contributed by atoms with E-state index in [0.29, 0.717) is 11.4 Å². The fraction of sp³-hybridized carbons (Fsp3) is 0.143. The summed E-state index contributed by atoms with van der Waals surface area (Å²) in [6.07, 6.45) is 0. The summed E-state index contributed by atoms with van der Waals surface area (Å²) in [5.74, 6) is 1.81. The second-order valence-corrected chi connectivity index (χ2v) is 6.81. The summed E-state index contributed by atoms with van der Waals surface area (Å²) in [4.78, 5) is 5.87. The third kappa shape index (κ3) is 2.51. The number of hydrogen-bond donors (Lipinski definition) is 0. The van der Waals surface area contributed by atoms with Crippen LogP contribution in [0.4, 0.5) is 0 Å². The summed E-state index contributed by atoms with van der Waals surface area (Å²) in [6.45, 7) is 0. The van der Waals surface area contributed by atoms with Gasteiger partial charge in [-0.25, -0.2) is 4.98 Å². The van der Waals surface area contributed by atoms with Gasteiger partial charge in [0.1, 0.15) is 17.4 Å². The van der Waals surface area contributed by atoms with Crippen LogP contribution < -0.4 is 9.47 Å². The van der Waals surface area contributed by atoms with Gasteiger partial charge in [-0.15, -0.1) is 11.8 Å². The molecule has 0 saturated carbocycles. The van der Waals surface area contributed by atoms with E-state index in [-0.39, 0.29) is 0 Å². The highest BCUT2D eigenvalue weighted by molar-refractivity contribution is 7.98. The Labute approximate surface area is 156 Å². The van der Waals surface area contributed by atoms with Gasteiger partial charge in [0, 0.05) is 27.3 Å². The van der Waals surface area contributed by atoms with Crippen molar-refractivity contribution in [3.05, 3.63) is 59.7 Å². The van der Waals surface area contributed by atoms with Gasteiger partial charge >= 0.3 is 0 Å². The molecule has 0 radical (unpaired) electrons. The molecule has 2 aromatic carbocycles. The zero-order valence-corrected chi connectivity index (χ0v) is 15.3. The topological polar surface area (TPSA) is 55.1 Å². The number of para-hydroxylation sites is 1. The molecular formula is C21H16N2O2S. The number of ether oxygens (including phenoxy) is 2. The molecule has 26 heavy (non-hydrogen) atoms. The van der Waals surface area contributed by atoms with Crippen LogP contribution in [0.25, 0.3) is 22.4 Å². The van der Waals surface area contributed by atoms with E-state index >= 15 is 0 Å². The monoisotopic (exact) mass is 360 g/mol. The number of methoxy groups -OCH3 is 2. The number of pyridine rings is 1. The maximum absolute atomic E-state index is 9.83. The molecule has 0 aliphatic carbocycles. The van der Waals surface area contributed by atoms with E-state index in [4.69, 9.17) is 9.47 Å². The minimum Gasteiger partial charge on any atom is -0.496 e. The van der Waals surface area contributed by atoms with Gasteiger partial charge in [-0.2, -0.15) is 5.26 Å². The third-order valence-corrected chi connectivity index (χ3v) is 5.56. The first kappa shape index (κ1) is 16.5. The van der Waals surface area contributed by atoms with Crippen molar-refractivity contribution >= 4 is 11.8 Å². The normalized spacial score (nSPS) is 11.9. The molecule has 1 aliphatic rings. The molecule has 1 aliphatic heterocycles. The van der Waals surface area contributed by atoms with Gasteiger partial charge in [-0.05, 0) is 17.7 Å². The fourth-order valence-corrected chi connectivity index (χ4v) is 4.38. The number of nitrogens with zero attached hydrogens (tertiary/aromatic N) is 2. The highest BCUT2D eigenvalue weighted by atomic mass is 32.2. The van der Waals surface area contributed by atoms with E-state index < -0.39 is 0 Å². The van der Waals surface area contributed by atoms with Crippen LogP contribution in [0.1, 0.15) is 11.1 Å². The number of fused-ring (bicyclic) bond motifs is 3. The summed E-state index contributed by atoms with van der Waals surface area (Å²) in [6, 6.07) is 18.2. The van der Waals surface area contributed by atoms with Crippen molar-refractivity contribution in [3.63, 3.8) is 0 Å².